The highest BCUT2D eigenvalue weighted by atomic mass is 79.9. The highest BCUT2D eigenvalue weighted by Gasteiger charge is 2.19. The molecule has 2 aromatic rings. The molecule has 2 aromatic heterocycles. The maximum Gasteiger partial charge on any atom is 0.103 e. The van der Waals surface area contributed by atoms with Crippen molar-refractivity contribution in [3.63, 3.8) is 0 Å². The van der Waals surface area contributed by atoms with E-state index in [1.807, 2.05) is 14.0 Å². The molecule has 0 spiro atoms. The van der Waals surface area contributed by atoms with Gasteiger partial charge in [-0.15, -0.1) is 0 Å². The van der Waals surface area contributed by atoms with Crippen molar-refractivity contribution in [2.75, 3.05) is 0 Å². The fourth-order valence-electron chi connectivity index (χ4n) is 1.85. The van der Waals surface area contributed by atoms with Crippen molar-refractivity contribution in [3.8, 4) is 0 Å². The fraction of sp³-hybridized carbons (Fsp3) is 0.333. The molecular formula is C12H12BrCl2N3O. The zero-order valence-electron chi connectivity index (χ0n) is 10.4. The van der Waals surface area contributed by atoms with E-state index in [1.165, 1.54) is 6.20 Å². The summed E-state index contributed by atoms with van der Waals surface area (Å²) in [7, 11) is 1.83. The molecule has 2 rings (SSSR count). The van der Waals surface area contributed by atoms with E-state index in [-0.39, 0.29) is 0 Å². The van der Waals surface area contributed by atoms with E-state index in [0.717, 1.165) is 15.9 Å². The van der Waals surface area contributed by atoms with Gasteiger partial charge in [-0.1, -0.05) is 23.2 Å². The Morgan fingerprint density at radius 1 is 1.47 bits per heavy atom. The second-order valence-electron chi connectivity index (χ2n) is 4.21. The standard InChI is InChI=1S/C12H12BrCl2N3O/c1-6-11(13)9(18(2)17-6)4-10(19)12-8(15)3-7(14)5-16-12/h3,5,10,19H,4H2,1-2H3. The molecule has 1 unspecified atom stereocenters. The molecule has 0 radical (unpaired) electrons. The first-order valence-corrected chi connectivity index (χ1v) is 7.12. The van der Waals surface area contributed by atoms with Gasteiger partial charge in [-0.25, -0.2) is 0 Å². The van der Waals surface area contributed by atoms with Crippen LogP contribution in [0.4, 0.5) is 0 Å². The van der Waals surface area contributed by atoms with Crippen molar-refractivity contribution in [1.29, 1.82) is 0 Å². The molecule has 7 heteroatoms. The Labute approximate surface area is 129 Å². The van der Waals surface area contributed by atoms with Gasteiger partial charge < -0.3 is 5.11 Å². The molecule has 0 aliphatic rings. The molecule has 1 atom stereocenters. The van der Waals surface area contributed by atoms with Crippen molar-refractivity contribution in [2.24, 2.45) is 7.05 Å². The minimum absolute atomic E-state index is 0.356. The van der Waals surface area contributed by atoms with Gasteiger partial charge in [0.1, 0.15) is 6.10 Å². The van der Waals surface area contributed by atoms with Crippen LogP contribution >= 0.6 is 39.1 Å². The first-order chi connectivity index (χ1) is 8.90. The van der Waals surface area contributed by atoms with Crippen molar-refractivity contribution >= 4 is 39.1 Å². The molecule has 4 nitrogen and oxygen atoms in total. The van der Waals surface area contributed by atoms with Gasteiger partial charge in [0, 0.05) is 19.7 Å². The monoisotopic (exact) mass is 363 g/mol. The Morgan fingerprint density at radius 2 is 2.16 bits per heavy atom. The van der Waals surface area contributed by atoms with Crippen molar-refractivity contribution in [1.82, 2.24) is 14.8 Å². The predicted octanol–water partition coefficient (Wildman–Crippen LogP) is 3.47. The molecule has 19 heavy (non-hydrogen) atoms. The summed E-state index contributed by atoms with van der Waals surface area (Å²) < 4.78 is 2.62. The van der Waals surface area contributed by atoms with E-state index in [9.17, 15) is 5.11 Å². The number of halogens is 3. The predicted molar refractivity (Wildman–Crippen MR) is 78.6 cm³/mol. The molecular weight excluding hydrogens is 353 g/mol. The topological polar surface area (TPSA) is 50.9 Å². The number of hydrogen-bond acceptors (Lipinski definition) is 3. The lowest BCUT2D eigenvalue weighted by atomic mass is 10.1. The largest absolute Gasteiger partial charge is 0.386 e. The van der Waals surface area contributed by atoms with E-state index in [2.05, 4.69) is 26.0 Å². The van der Waals surface area contributed by atoms with Crippen LogP contribution in [0.1, 0.15) is 23.2 Å². The number of aliphatic hydroxyl groups is 1. The van der Waals surface area contributed by atoms with Gasteiger partial charge in [0.05, 0.1) is 31.6 Å². The Morgan fingerprint density at radius 3 is 2.68 bits per heavy atom. The first kappa shape index (κ1) is 14.8. The van der Waals surface area contributed by atoms with Crippen LogP contribution in [0.2, 0.25) is 10.0 Å². The highest BCUT2D eigenvalue weighted by Crippen LogP contribution is 2.29. The van der Waals surface area contributed by atoms with Crippen molar-refractivity contribution in [2.45, 2.75) is 19.4 Å². The highest BCUT2D eigenvalue weighted by molar-refractivity contribution is 9.10. The number of aliphatic hydroxyl groups excluding tert-OH is 1. The SMILES string of the molecule is Cc1nn(C)c(CC(O)c2ncc(Cl)cc2Cl)c1Br. The number of pyridine rings is 1. The zero-order chi connectivity index (χ0) is 14.2. The Kier molecular flexibility index (Phi) is 4.50. The average molecular weight is 365 g/mol. The molecule has 0 saturated heterocycles. The van der Waals surface area contributed by atoms with Gasteiger partial charge in [-0.2, -0.15) is 5.10 Å². The third kappa shape index (κ3) is 3.11. The molecule has 0 fully saturated rings. The van der Waals surface area contributed by atoms with Crippen LogP contribution in [0.3, 0.4) is 0 Å². The molecule has 0 saturated carbocycles. The second kappa shape index (κ2) is 5.79. The lowest BCUT2D eigenvalue weighted by molar-refractivity contribution is 0.171. The van der Waals surface area contributed by atoms with Gasteiger partial charge in [0.25, 0.3) is 0 Å². The van der Waals surface area contributed by atoms with E-state index < -0.39 is 6.10 Å². The van der Waals surface area contributed by atoms with Crippen LogP contribution < -0.4 is 0 Å². The van der Waals surface area contributed by atoms with Crippen LogP contribution in [0.5, 0.6) is 0 Å². The van der Waals surface area contributed by atoms with Gasteiger partial charge in [-0.3, -0.25) is 9.67 Å². The quantitative estimate of drug-likeness (QED) is 0.907. The maximum absolute atomic E-state index is 10.3. The van der Waals surface area contributed by atoms with Crippen LogP contribution in [-0.2, 0) is 13.5 Å². The van der Waals surface area contributed by atoms with Crippen LogP contribution in [0.15, 0.2) is 16.7 Å². The molecule has 102 valence electrons. The lowest BCUT2D eigenvalue weighted by Crippen LogP contribution is -2.09. The summed E-state index contributed by atoms with van der Waals surface area (Å²) in [4.78, 5) is 4.08. The molecule has 0 aromatic carbocycles. The summed E-state index contributed by atoms with van der Waals surface area (Å²) in [5.41, 5.74) is 2.18. The number of hydrogen-bond donors (Lipinski definition) is 1. The summed E-state index contributed by atoms with van der Waals surface area (Å²) in [6.07, 6.45) is 1.03. The van der Waals surface area contributed by atoms with E-state index in [0.29, 0.717) is 22.2 Å². The summed E-state index contributed by atoms with van der Waals surface area (Å²) >= 11 is 15.3. The first-order valence-electron chi connectivity index (χ1n) is 5.57. The number of aryl methyl sites for hydroxylation is 2. The average Bonchev–Trinajstić information content (AvgIpc) is 2.56. The van der Waals surface area contributed by atoms with Gasteiger partial charge >= 0.3 is 0 Å². The zero-order valence-corrected chi connectivity index (χ0v) is 13.5. The normalized spacial score (nSPS) is 12.7. The molecule has 2 heterocycles. The van der Waals surface area contributed by atoms with Gasteiger partial charge in [0.15, 0.2) is 0 Å². The Bertz CT molecular complexity index is 615. The van der Waals surface area contributed by atoms with Crippen LogP contribution in [0.25, 0.3) is 0 Å². The summed E-state index contributed by atoms with van der Waals surface area (Å²) in [6, 6.07) is 1.57. The minimum atomic E-state index is -0.809. The van der Waals surface area contributed by atoms with Crippen LogP contribution in [0, 0.1) is 6.92 Å². The van der Waals surface area contributed by atoms with E-state index >= 15 is 0 Å². The summed E-state index contributed by atoms with van der Waals surface area (Å²) in [5, 5.41) is 15.3. The molecule has 0 amide bonds. The lowest BCUT2D eigenvalue weighted by Gasteiger charge is -2.12. The number of nitrogens with zero attached hydrogens (tertiary/aromatic N) is 3. The summed E-state index contributed by atoms with van der Waals surface area (Å²) in [5.74, 6) is 0. The van der Waals surface area contributed by atoms with E-state index in [4.69, 9.17) is 23.2 Å². The molecule has 0 aliphatic heterocycles. The van der Waals surface area contributed by atoms with Crippen LogP contribution in [-0.4, -0.2) is 19.9 Å². The third-order valence-electron chi connectivity index (χ3n) is 2.80. The van der Waals surface area contributed by atoms with Gasteiger partial charge in [0.2, 0.25) is 0 Å². The maximum atomic E-state index is 10.3. The second-order valence-corrected chi connectivity index (χ2v) is 5.85. The smallest absolute Gasteiger partial charge is 0.103 e. The van der Waals surface area contributed by atoms with Gasteiger partial charge in [-0.05, 0) is 28.9 Å². The number of aromatic nitrogens is 3. The molecule has 0 aliphatic carbocycles. The van der Waals surface area contributed by atoms with Crippen molar-refractivity contribution < 1.29 is 5.11 Å². The fourth-order valence-corrected chi connectivity index (χ4v) is 2.86. The van der Waals surface area contributed by atoms with Crippen molar-refractivity contribution in [3.05, 3.63) is 43.9 Å². The van der Waals surface area contributed by atoms with E-state index in [1.54, 1.807) is 10.7 Å². The number of rotatable bonds is 3. The Balaban J connectivity index is 2.28. The minimum Gasteiger partial charge on any atom is -0.386 e. The molecule has 0 bridgehead atoms. The molecule has 1 N–H and O–H groups in total. The Hall–Kier alpha value is -0.620. The summed E-state index contributed by atoms with van der Waals surface area (Å²) in [6.45, 7) is 1.90. The third-order valence-corrected chi connectivity index (χ3v) is 4.34.